The lowest BCUT2D eigenvalue weighted by Gasteiger charge is -2.18. The molecule has 1 aliphatic rings. The van der Waals surface area contributed by atoms with E-state index in [-0.39, 0.29) is 23.9 Å². The molecule has 3 atom stereocenters. The molecule has 2 rings (SSSR count). The summed E-state index contributed by atoms with van der Waals surface area (Å²) in [6.07, 6.45) is 1.09. The molecule has 16 heavy (non-hydrogen) atoms. The van der Waals surface area contributed by atoms with E-state index < -0.39 is 0 Å². The van der Waals surface area contributed by atoms with Gasteiger partial charge in [0.2, 0.25) is 0 Å². The first kappa shape index (κ1) is 11.8. The largest absolute Gasteiger partial charge is 0.378 e. The lowest BCUT2D eigenvalue weighted by atomic mass is 9.91. The van der Waals surface area contributed by atoms with E-state index in [0.717, 1.165) is 6.42 Å². The van der Waals surface area contributed by atoms with Gasteiger partial charge in [-0.25, -0.2) is 4.39 Å². The van der Waals surface area contributed by atoms with Gasteiger partial charge in [0.15, 0.2) is 0 Å². The van der Waals surface area contributed by atoms with Crippen molar-refractivity contribution in [3.05, 3.63) is 34.6 Å². The molecular formula is C12H15ClFNO. The molecule has 1 aromatic rings. The number of benzene rings is 1. The van der Waals surface area contributed by atoms with Gasteiger partial charge in [-0.2, -0.15) is 0 Å². The summed E-state index contributed by atoms with van der Waals surface area (Å²) in [5.41, 5.74) is 6.57. The zero-order valence-corrected chi connectivity index (χ0v) is 9.88. The molecule has 2 nitrogen and oxygen atoms in total. The van der Waals surface area contributed by atoms with E-state index >= 15 is 0 Å². The van der Waals surface area contributed by atoms with Gasteiger partial charge in [-0.3, -0.25) is 0 Å². The van der Waals surface area contributed by atoms with Crippen molar-refractivity contribution >= 4 is 11.6 Å². The Morgan fingerprint density at radius 3 is 2.88 bits per heavy atom. The number of rotatable bonds is 2. The molecule has 1 aromatic carbocycles. The SMILES string of the molecule is CC1CC(C(N)c2ccc(Cl)cc2F)CO1. The van der Waals surface area contributed by atoms with Crippen molar-refractivity contribution < 1.29 is 9.13 Å². The Labute approximate surface area is 99.5 Å². The highest BCUT2D eigenvalue weighted by Crippen LogP contribution is 2.31. The van der Waals surface area contributed by atoms with Crippen molar-refractivity contribution in [2.24, 2.45) is 11.7 Å². The quantitative estimate of drug-likeness (QED) is 0.867. The fraction of sp³-hybridized carbons (Fsp3) is 0.500. The zero-order chi connectivity index (χ0) is 11.7. The fourth-order valence-corrected chi connectivity index (χ4v) is 2.29. The number of ether oxygens (including phenoxy) is 1. The summed E-state index contributed by atoms with van der Waals surface area (Å²) in [6, 6.07) is 4.31. The molecule has 0 radical (unpaired) electrons. The summed E-state index contributed by atoms with van der Waals surface area (Å²) < 4.78 is 19.1. The summed E-state index contributed by atoms with van der Waals surface area (Å²) in [4.78, 5) is 0. The van der Waals surface area contributed by atoms with Crippen LogP contribution in [0.15, 0.2) is 18.2 Å². The molecule has 1 aliphatic heterocycles. The highest BCUT2D eigenvalue weighted by Gasteiger charge is 2.29. The van der Waals surface area contributed by atoms with Crippen LogP contribution in [0.25, 0.3) is 0 Å². The van der Waals surface area contributed by atoms with Crippen molar-refractivity contribution in [2.75, 3.05) is 6.61 Å². The van der Waals surface area contributed by atoms with Crippen molar-refractivity contribution in [1.29, 1.82) is 0 Å². The van der Waals surface area contributed by atoms with Crippen LogP contribution in [0, 0.1) is 11.7 Å². The van der Waals surface area contributed by atoms with E-state index in [2.05, 4.69) is 0 Å². The van der Waals surface area contributed by atoms with Crippen LogP contribution in [-0.2, 0) is 4.74 Å². The summed E-state index contributed by atoms with van der Waals surface area (Å²) >= 11 is 5.70. The predicted molar refractivity (Wildman–Crippen MR) is 61.9 cm³/mol. The van der Waals surface area contributed by atoms with E-state index in [1.54, 1.807) is 12.1 Å². The van der Waals surface area contributed by atoms with E-state index in [9.17, 15) is 4.39 Å². The van der Waals surface area contributed by atoms with Crippen LogP contribution in [-0.4, -0.2) is 12.7 Å². The molecule has 0 amide bonds. The van der Waals surface area contributed by atoms with Crippen LogP contribution in [0.5, 0.6) is 0 Å². The van der Waals surface area contributed by atoms with Gasteiger partial charge in [-0.05, 0) is 25.5 Å². The Hall–Kier alpha value is -0.640. The maximum absolute atomic E-state index is 13.6. The van der Waals surface area contributed by atoms with Crippen LogP contribution in [0.1, 0.15) is 24.9 Å². The van der Waals surface area contributed by atoms with Crippen LogP contribution < -0.4 is 5.73 Å². The lowest BCUT2D eigenvalue weighted by molar-refractivity contribution is 0.118. The Balaban J connectivity index is 2.17. The van der Waals surface area contributed by atoms with E-state index in [1.165, 1.54) is 6.07 Å². The maximum atomic E-state index is 13.6. The molecule has 4 heteroatoms. The fourth-order valence-electron chi connectivity index (χ4n) is 2.13. The standard InChI is InChI=1S/C12H15ClFNO/c1-7-4-8(6-16-7)12(15)10-3-2-9(13)5-11(10)14/h2-3,5,7-8,12H,4,6,15H2,1H3. The van der Waals surface area contributed by atoms with Gasteiger partial charge in [-0.1, -0.05) is 17.7 Å². The molecule has 1 saturated heterocycles. The van der Waals surface area contributed by atoms with Crippen molar-refractivity contribution in [2.45, 2.75) is 25.5 Å². The Morgan fingerprint density at radius 2 is 2.31 bits per heavy atom. The molecule has 0 aromatic heterocycles. The Morgan fingerprint density at radius 1 is 1.56 bits per heavy atom. The summed E-state index contributed by atoms with van der Waals surface area (Å²) in [5.74, 6) is -0.148. The predicted octanol–water partition coefficient (Wildman–Crippen LogP) is 2.90. The first-order valence-corrected chi connectivity index (χ1v) is 5.78. The average Bonchev–Trinajstić information content (AvgIpc) is 2.64. The van der Waals surface area contributed by atoms with Gasteiger partial charge in [-0.15, -0.1) is 0 Å². The smallest absolute Gasteiger partial charge is 0.129 e. The molecule has 1 fully saturated rings. The minimum Gasteiger partial charge on any atom is -0.378 e. The van der Waals surface area contributed by atoms with E-state index in [1.807, 2.05) is 6.92 Å². The number of hydrogen-bond donors (Lipinski definition) is 1. The highest BCUT2D eigenvalue weighted by atomic mass is 35.5. The van der Waals surface area contributed by atoms with Gasteiger partial charge < -0.3 is 10.5 Å². The second-order valence-corrected chi connectivity index (χ2v) is 4.77. The molecule has 0 aliphatic carbocycles. The van der Waals surface area contributed by atoms with Crippen molar-refractivity contribution in [1.82, 2.24) is 0 Å². The van der Waals surface area contributed by atoms with Gasteiger partial charge in [0.05, 0.1) is 12.7 Å². The Bertz CT molecular complexity index is 385. The second kappa shape index (κ2) is 4.70. The molecule has 0 spiro atoms. The molecule has 88 valence electrons. The molecule has 0 saturated carbocycles. The average molecular weight is 244 g/mol. The minimum atomic E-state index is -0.334. The normalized spacial score (nSPS) is 27.0. The van der Waals surface area contributed by atoms with Crippen LogP contribution >= 0.6 is 11.6 Å². The number of nitrogens with two attached hydrogens (primary N) is 1. The van der Waals surface area contributed by atoms with Crippen LogP contribution in [0.2, 0.25) is 5.02 Å². The van der Waals surface area contributed by atoms with Gasteiger partial charge in [0.25, 0.3) is 0 Å². The van der Waals surface area contributed by atoms with Gasteiger partial charge in [0.1, 0.15) is 5.82 Å². The molecule has 0 bridgehead atoms. The highest BCUT2D eigenvalue weighted by molar-refractivity contribution is 6.30. The van der Waals surface area contributed by atoms with Gasteiger partial charge in [0, 0.05) is 22.5 Å². The monoisotopic (exact) mass is 243 g/mol. The molecule has 3 unspecified atom stereocenters. The number of halogens is 2. The van der Waals surface area contributed by atoms with Gasteiger partial charge >= 0.3 is 0 Å². The summed E-state index contributed by atoms with van der Waals surface area (Å²) in [5, 5.41) is 0.393. The van der Waals surface area contributed by atoms with E-state index in [0.29, 0.717) is 17.2 Å². The van der Waals surface area contributed by atoms with Crippen molar-refractivity contribution in [3.8, 4) is 0 Å². The third-order valence-corrected chi connectivity index (χ3v) is 3.29. The summed E-state index contributed by atoms with van der Waals surface area (Å²) in [7, 11) is 0. The lowest BCUT2D eigenvalue weighted by Crippen LogP contribution is -2.22. The molecule has 1 heterocycles. The van der Waals surface area contributed by atoms with Crippen LogP contribution in [0.3, 0.4) is 0 Å². The van der Waals surface area contributed by atoms with E-state index in [4.69, 9.17) is 22.1 Å². The molecule has 2 N–H and O–H groups in total. The molecular weight excluding hydrogens is 229 g/mol. The Kier molecular flexibility index (Phi) is 3.47. The first-order chi connectivity index (χ1) is 7.58. The third kappa shape index (κ3) is 2.37. The summed E-state index contributed by atoms with van der Waals surface area (Å²) in [6.45, 7) is 2.61. The second-order valence-electron chi connectivity index (χ2n) is 4.33. The van der Waals surface area contributed by atoms with Crippen LogP contribution in [0.4, 0.5) is 4.39 Å². The zero-order valence-electron chi connectivity index (χ0n) is 9.12. The topological polar surface area (TPSA) is 35.2 Å². The first-order valence-electron chi connectivity index (χ1n) is 5.40. The maximum Gasteiger partial charge on any atom is 0.129 e. The number of hydrogen-bond acceptors (Lipinski definition) is 2. The third-order valence-electron chi connectivity index (χ3n) is 3.06. The van der Waals surface area contributed by atoms with Crippen molar-refractivity contribution in [3.63, 3.8) is 0 Å². The minimum absolute atomic E-state index is 0.186.